The number of nitrogens with zero attached hydrogens (tertiary/aromatic N) is 4. The lowest BCUT2D eigenvalue weighted by Gasteiger charge is -2.24. The lowest BCUT2D eigenvalue weighted by molar-refractivity contribution is 0.0735. The van der Waals surface area contributed by atoms with E-state index in [9.17, 15) is 4.79 Å². The number of carbonyl (C=O) groups excluding carboxylic acids is 1. The van der Waals surface area contributed by atoms with E-state index in [1.165, 1.54) is 0 Å². The molecular weight excluding hydrogens is 254 g/mol. The van der Waals surface area contributed by atoms with E-state index in [-0.39, 0.29) is 5.91 Å². The Morgan fingerprint density at radius 3 is 2.35 bits per heavy atom. The van der Waals surface area contributed by atoms with E-state index in [4.69, 9.17) is 5.73 Å². The first-order chi connectivity index (χ1) is 9.42. The number of hydrogen-bond donors (Lipinski definition) is 1. The Balaban J connectivity index is 2.97. The molecule has 0 saturated heterocycles. The number of nitrogen functional groups attached to an aromatic ring is 1. The SMILES string of the molecule is CCCN(CCN(C)C)C(=O)c1c(N)c(CC)nn1C. The molecule has 0 aromatic carbocycles. The van der Waals surface area contributed by atoms with E-state index in [1.807, 2.05) is 25.9 Å². The van der Waals surface area contributed by atoms with Gasteiger partial charge in [-0.2, -0.15) is 5.10 Å². The minimum absolute atomic E-state index is 0.0269. The van der Waals surface area contributed by atoms with Crippen molar-refractivity contribution < 1.29 is 4.79 Å². The zero-order valence-electron chi connectivity index (χ0n) is 13.3. The van der Waals surface area contributed by atoms with Crippen LogP contribution in [0.15, 0.2) is 0 Å². The van der Waals surface area contributed by atoms with Gasteiger partial charge >= 0.3 is 0 Å². The van der Waals surface area contributed by atoms with Gasteiger partial charge in [0.15, 0.2) is 0 Å². The van der Waals surface area contributed by atoms with E-state index in [0.717, 1.165) is 31.6 Å². The maximum Gasteiger partial charge on any atom is 0.274 e. The predicted molar refractivity (Wildman–Crippen MR) is 81.7 cm³/mol. The fraction of sp³-hybridized carbons (Fsp3) is 0.714. The molecule has 1 aromatic heterocycles. The van der Waals surface area contributed by atoms with Crippen LogP contribution in [-0.2, 0) is 13.5 Å². The zero-order valence-corrected chi connectivity index (χ0v) is 13.3. The van der Waals surface area contributed by atoms with Crippen LogP contribution in [0, 0.1) is 0 Å². The van der Waals surface area contributed by atoms with Crippen molar-refractivity contribution in [2.75, 3.05) is 39.5 Å². The number of carbonyl (C=O) groups is 1. The van der Waals surface area contributed by atoms with Crippen LogP contribution in [0.2, 0.25) is 0 Å². The molecule has 0 atom stereocenters. The van der Waals surface area contributed by atoms with Gasteiger partial charge in [-0.1, -0.05) is 13.8 Å². The van der Waals surface area contributed by atoms with Crippen LogP contribution in [0.3, 0.4) is 0 Å². The molecule has 0 aliphatic heterocycles. The van der Waals surface area contributed by atoms with Crippen molar-refractivity contribution in [1.82, 2.24) is 19.6 Å². The summed E-state index contributed by atoms with van der Waals surface area (Å²) < 4.78 is 1.61. The Morgan fingerprint density at radius 1 is 1.25 bits per heavy atom. The van der Waals surface area contributed by atoms with Gasteiger partial charge in [0.1, 0.15) is 5.69 Å². The average Bonchev–Trinajstić information content (AvgIpc) is 2.68. The number of aryl methyl sites for hydroxylation is 2. The molecule has 0 saturated carbocycles. The molecule has 0 unspecified atom stereocenters. The molecule has 0 spiro atoms. The normalized spacial score (nSPS) is 11.1. The Hall–Kier alpha value is -1.56. The van der Waals surface area contributed by atoms with Crippen LogP contribution in [0.4, 0.5) is 5.69 Å². The highest BCUT2D eigenvalue weighted by atomic mass is 16.2. The fourth-order valence-corrected chi connectivity index (χ4v) is 2.17. The second-order valence-corrected chi connectivity index (χ2v) is 5.28. The molecule has 1 amide bonds. The lowest BCUT2D eigenvalue weighted by Crippen LogP contribution is -2.38. The Bertz CT molecular complexity index is 453. The summed E-state index contributed by atoms with van der Waals surface area (Å²) in [6, 6.07) is 0. The number of nitrogens with two attached hydrogens (primary N) is 1. The van der Waals surface area contributed by atoms with Gasteiger partial charge in [-0.3, -0.25) is 9.48 Å². The molecule has 0 aliphatic carbocycles. The average molecular weight is 281 g/mol. The summed E-state index contributed by atoms with van der Waals surface area (Å²) >= 11 is 0. The number of likely N-dealkylation sites (N-methyl/N-ethyl adjacent to an activating group) is 1. The third-order valence-electron chi connectivity index (χ3n) is 3.30. The van der Waals surface area contributed by atoms with Crippen LogP contribution in [0.25, 0.3) is 0 Å². The Labute approximate surface area is 121 Å². The minimum atomic E-state index is -0.0269. The molecule has 0 radical (unpaired) electrons. The van der Waals surface area contributed by atoms with Crippen molar-refractivity contribution in [1.29, 1.82) is 0 Å². The highest BCUT2D eigenvalue weighted by Crippen LogP contribution is 2.19. The number of hydrogen-bond acceptors (Lipinski definition) is 4. The van der Waals surface area contributed by atoms with Gasteiger partial charge in [-0.15, -0.1) is 0 Å². The summed E-state index contributed by atoms with van der Waals surface area (Å²) in [7, 11) is 5.78. The fourth-order valence-electron chi connectivity index (χ4n) is 2.17. The smallest absolute Gasteiger partial charge is 0.274 e. The predicted octanol–water partition coefficient (Wildman–Crippen LogP) is 0.979. The van der Waals surface area contributed by atoms with E-state index in [1.54, 1.807) is 11.7 Å². The largest absolute Gasteiger partial charge is 0.395 e. The standard InChI is InChI=1S/C14H27N5O/c1-6-8-19(10-9-17(3)4)14(20)13-12(15)11(7-2)16-18(13)5/h6-10,15H2,1-5H3. The van der Waals surface area contributed by atoms with Crippen molar-refractivity contribution in [3.63, 3.8) is 0 Å². The summed E-state index contributed by atoms with van der Waals surface area (Å²) in [6.45, 7) is 6.33. The lowest BCUT2D eigenvalue weighted by atomic mass is 10.2. The molecule has 1 heterocycles. The van der Waals surface area contributed by atoms with Crippen LogP contribution >= 0.6 is 0 Å². The molecule has 1 aromatic rings. The minimum Gasteiger partial charge on any atom is -0.395 e. The molecule has 1 rings (SSSR count). The van der Waals surface area contributed by atoms with Gasteiger partial charge in [0.2, 0.25) is 0 Å². The highest BCUT2D eigenvalue weighted by molar-refractivity contribution is 5.98. The van der Waals surface area contributed by atoms with Gasteiger partial charge < -0.3 is 15.5 Å². The quantitative estimate of drug-likeness (QED) is 0.809. The number of aromatic nitrogens is 2. The summed E-state index contributed by atoms with van der Waals surface area (Å²) in [5.41, 5.74) is 7.88. The van der Waals surface area contributed by atoms with E-state index < -0.39 is 0 Å². The maximum absolute atomic E-state index is 12.7. The van der Waals surface area contributed by atoms with Gasteiger partial charge in [0.05, 0.1) is 11.4 Å². The molecule has 0 aliphatic rings. The van der Waals surface area contributed by atoms with Gasteiger partial charge in [0.25, 0.3) is 5.91 Å². The third kappa shape index (κ3) is 3.72. The molecule has 6 nitrogen and oxygen atoms in total. The van der Waals surface area contributed by atoms with Gasteiger partial charge in [0, 0.05) is 26.7 Å². The molecule has 0 fully saturated rings. The van der Waals surface area contributed by atoms with Crippen molar-refractivity contribution in [2.45, 2.75) is 26.7 Å². The first-order valence-corrected chi connectivity index (χ1v) is 7.17. The molecular formula is C14H27N5O. The number of amides is 1. The Morgan fingerprint density at radius 2 is 1.90 bits per heavy atom. The summed E-state index contributed by atoms with van der Waals surface area (Å²) in [5, 5.41) is 4.32. The first-order valence-electron chi connectivity index (χ1n) is 7.17. The third-order valence-corrected chi connectivity index (χ3v) is 3.30. The molecule has 20 heavy (non-hydrogen) atoms. The molecule has 0 bridgehead atoms. The van der Waals surface area contributed by atoms with Crippen LogP contribution in [-0.4, -0.2) is 59.2 Å². The summed E-state index contributed by atoms with van der Waals surface area (Å²) in [6.07, 6.45) is 1.66. The zero-order chi connectivity index (χ0) is 15.3. The van der Waals surface area contributed by atoms with Crippen LogP contribution < -0.4 is 5.73 Å². The summed E-state index contributed by atoms with van der Waals surface area (Å²) in [5.74, 6) is -0.0269. The highest BCUT2D eigenvalue weighted by Gasteiger charge is 2.23. The maximum atomic E-state index is 12.7. The number of rotatable bonds is 7. The van der Waals surface area contributed by atoms with Crippen molar-refractivity contribution >= 4 is 11.6 Å². The van der Waals surface area contributed by atoms with Crippen molar-refractivity contribution in [3.8, 4) is 0 Å². The molecule has 114 valence electrons. The van der Waals surface area contributed by atoms with E-state index in [2.05, 4.69) is 16.9 Å². The topological polar surface area (TPSA) is 67.4 Å². The second kappa shape index (κ2) is 7.28. The monoisotopic (exact) mass is 281 g/mol. The van der Waals surface area contributed by atoms with Gasteiger partial charge in [-0.05, 0) is 26.9 Å². The summed E-state index contributed by atoms with van der Waals surface area (Å²) in [4.78, 5) is 16.6. The van der Waals surface area contributed by atoms with Crippen LogP contribution in [0.1, 0.15) is 36.5 Å². The first kappa shape index (κ1) is 16.5. The number of anilines is 1. The molecule has 6 heteroatoms. The Kier molecular flexibility index (Phi) is 6.01. The van der Waals surface area contributed by atoms with Crippen LogP contribution in [0.5, 0.6) is 0 Å². The van der Waals surface area contributed by atoms with Gasteiger partial charge in [-0.25, -0.2) is 0 Å². The van der Waals surface area contributed by atoms with Crippen molar-refractivity contribution in [3.05, 3.63) is 11.4 Å². The van der Waals surface area contributed by atoms with Crippen molar-refractivity contribution in [2.24, 2.45) is 7.05 Å². The van der Waals surface area contributed by atoms with E-state index in [0.29, 0.717) is 17.9 Å². The molecule has 2 N–H and O–H groups in total. The van der Waals surface area contributed by atoms with E-state index >= 15 is 0 Å². The second-order valence-electron chi connectivity index (χ2n) is 5.28.